The molecule has 0 aromatic heterocycles. The highest BCUT2D eigenvalue weighted by Gasteiger charge is 2.36. The van der Waals surface area contributed by atoms with E-state index in [1.807, 2.05) is 18.7 Å². The van der Waals surface area contributed by atoms with Gasteiger partial charge in [-0.15, -0.1) is 0 Å². The molecule has 2 aliphatic heterocycles. The fourth-order valence-corrected chi connectivity index (χ4v) is 6.22. The number of hydrogen-bond acceptors (Lipinski definition) is 4. The van der Waals surface area contributed by atoms with Gasteiger partial charge in [-0.3, -0.25) is 0 Å². The third kappa shape index (κ3) is 4.58. The number of rotatable bonds is 6. The van der Waals surface area contributed by atoms with Crippen molar-refractivity contribution >= 4 is 22.0 Å². The lowest BCUT2D eigenvalue weighted by Gasteiger charge is -2.39. The Morgan fingerprint density at radius 2 is 2.14 bits per heavy atom. The molecule has 2 fully saturated rings. The summed E-state index contributed by atoms with van der Waals surface area (Å²) in [6, 6.07) is 0.118. The quantitative estimate of drug-likeness (QED) is 0.745. The van der Waals surface area contributed by atoms with Crippen LogP contribution in [0.3, 0.4) is 0 Å². The van der Waals surface area contributed by atoms with Gasteiger partial charge in [0.2, 0.25) is 0 Å². The Labute approximate surface area is 134 Å². The van der Waals surface area contributed by atoms with Crippen molar-refractivity contribution in [3.05, 3.63) is 0 Å². The van der Waals surface area contributed by atoms with Crippen molar-refractivity contribution in [3.8, 4) is 0 Å². The van der Waals surface area contributed by atoms with E-state index in [9.17, 15) is 8.42 Å². The van der Waals surface area contributed by atoms with Gasteiger partial charge >= 0.3 is 0 Å². The Bertz CT molecular complexity index is 416. The SMILES string of the molecule is CCCNCC1CCCN(S(=O)(=O)N2CCSCC2C)C1. The molecule has 0 spiro atoms. The monoisotopic (exact) mass is 335 g/mol. The average Bonchev–Trinajstić information content (AvgIpc) is 2.48. The zero-order chi connectivity index (χ0) is 15.3. The van der Waals surface area contributed by atoms with Crippen molar-refractivity contribution in [1.82, 2.24) is 13.9 Å². The molecule has 0 aliphatic carbocycles. The van der Waals surface area contributed by atoms with E-state index in [-0.39, 0.29) is 6.04 Å². The van der Waals surface area contributed by atoms with Crippen LogP contribution >= 0.6 is 11.8 Å². The van der Waals surface area contributed by atoms with Crippen LogP contribution in [0.25, 0.3) is 0 Å². The summed E-state index contributed by atoms with van der Waals surface area (Å²) in [6.45, 7) is 8.14. The standard InChI is InChI=1S/C14H29N3O2S2/c1-3-6-15-10-14-5-4-7-16(11-14)21(18,19)17-8-9-20-12-13(17)2/h13-15H,3-12H2,1-2H3. The normalized spacial score (nSPS) is 29.6. The lowest BCUT2D eigenvalue weighted by atomic mass is 10.00. The van der Waals surface area contributed by atoms with Crippen LogP contribution in [-0.4, -0.2) is 67.3 Å². The highest BCUT2D eigenvalue weighted by molar-refractivity contribution is 7.99. The second-order valence-corrected chi connectivity index (χ2v) is 9.14. The van der Waals surface area contributed by atoms with Crippen LogP contribution in [0.2, 0.25) is 0 Å². The number of thioether (sulfide) groups is 1. The van der Waals surface area contributed by atoms with Gasteiger partial charge in [0.25, 0.3) is 10.2 Å². The van der Waals surface area contributed by atoms with Crippen molar-refractivity contribution < 1.29 is 8.42 Å². The second-order valence-electron chi connectivity index (χ2n) is 6.11. The van der Waals surface area contributed by atoms with Gasteiger partial charge in [0.15, 0.2) is 0 Å². The maximum Gasteiger partial charge on any atom is 0.282 e. The van der Waals surface area contributed by atoms with Crippen LogP contribution in [-0.2, 0) is 10.2 Å². The molecule has 0 amide bonds. The molecule has 7 heteroatoms. The molecule has 2 unspecified atom stereocenters. The first-order valence-electron chi connectivity index (χ1n) is 8.11. The van der Waals surface area contributed by atoms with E-state index in [4.69, 9.17) is 0 Å². The lowest BCUT2D eigenvalue weighted by Crippen LogP contribution is -2.54. The molecule has 0 radical (unpaired) electrons. The molecular weight excluding hydrogens is 306 g/mol. The zero-order valence-corrected chi connectivity index (χ0v) is 14.9. The van der Waals surface area contributed by atoms with Crippen LogP contribution < -0.4 is 5.32 Å². The fourth-order valence-electron chi connectivity index (χ4n) is 3.09. The van der Waals surface area contributed by atoms with Crippen molar-refractivity contribution in [1.29, 1.82) is 0 Å². The van der Waals surface area contributed by atoms with Crippen LogP contribution in [0.15, 0.2) is 0 Å². The third-order valence-corrected chi connectivity index (χ3v) is 7.58. The van der Waals surface area contributed by atoms with E-state index in [1.165, 1.54) is 0 Å². The first-order chi connectivity index (χ1) is 10.1. The smallest absolute Gasteiger partial charge is 0.282 e. The minimum atomic E-state index is -3.27. The molecule has 2 saturated heterocycles. The van der Waals surface area contributed by atoms with Gasteiger partial charge in [-0.2, -0.15) is 28.8 Å². The summed E-state index contributed by atoms with van der Waals surface area (Å²) < 4.78 is 29.1. The Morgan fingerprint density at radius 3 is 2.86 bits per heavy atom. The minimum Gasteiger partial charge on any atom is -0.316 e. The second kappa shape index (κ2) is 8.15. The van der Waals surface area contributed by atoms with Gasteiger partial charge in [-0.1, -0.05) is 6.92 Å². The minimum absolute atomic E-state index is 0.118. The molecule has 0 bridgehead atoms. The van der Waals surface area contributed by atoms with Crippen molar-refractivity contribution in [2.75, 3.05) is 44.2 Å². The number of hydrogen-bond donors (Lipinski definition) is 1. The largest absolute Gasteiger partial charge is 0.316 e. The van der Waals surface area contributed by atoms with E-state index in [1.54, 1.807) is 8.61 Å². The van der Waals surface area contributed by atoms with E-state index < -0.39 is 10.2 Å². The summed E-state index contributed by atoms with van der Waals surface area (Å²) in [7, 11) is -3.27. The molecule has 21 heavy (non-hydrogen) atoms. The number of piperidine rings is 1. The van der Waals surface area contributed by atoms with Crippen molar-refractivity contribution in [2.45, 2.75) is 39.2 Å². The van der Waals surface area contributed by atoms with E-state index in [0.717, 1.165) is 43.9 Å². The van der Waals surface area contributed by atoms with Crippen LogP contribution in [0, 0.1) is 5.92 Å². The van der Waals surface area contributed by atoms with Gasteiger partial charge in [-0.05, 0) is 45.2 Å². The summed E-state index contributed by atoms with van der Waals surface area (Å²) in [6.07, 6.45) is 3.24. The molecular formula is C14H29N3O2S2. The van der Waals surface area contributed by atoms with Gasteiger partial charge < -0.3 is 5.32 Å². The maximum atomic E-state index is 12.8. The van der Waals surface area contributed by atoms with Crippen molar-refractivity contribution in [3.63, 3.8) is 0 Å². The van der Waals surface area contributed by atoms with Gasteiger partial charge in [0, 0.05) is 37.2 Å². The molecule has 124 valence electrons. The molecule has 0 saturated carbocycles. The molecule has 2 rings (SSSR count). The predicted molar refractivity (Wildman–Crippen MR) is 89.9 cm³/mol. The molecule has 5 nitrogen and oxygen atoms in total. The highest BCUT2D eigenvalue weighted by atomic mass is 32.2. The Morgan fingerprint density at radius 1 is 1.33 bits per heavy atom. The summed E-state index contributed by atoms with van der Waals surface area (Å²) in [5.41, 5.74) is 0. The first kappa shape index (κ1) is 17.5. The number of nitrogens with one attached hydrogen (secondary N) is 1. The zero-order valence-electron chi connectivity index (χ0n) is 13.3. The van der Waals surface area contributed by atoms with E-state index in [2.05, 4.69) is 12.2 Å². The first-order valence-corrected chi connectivity index (χ1v) is 10.7. The highest BCUT2D eigenvalue weighted by Crippen LogP contribution is 2.25. The molecule has 2 atom stereocenters. The topological polar surface area (TPSA) is 52.7 Å². The average molecular weight is 336 g/mol. The summed E-state index contributed by atoms with van der Waals surface area (Å²) >= 11 is 1.85. The fraction of sp³-hybridized carbons (Fsp3) is 1.00. The summed E-state index contributed by atoms with van der Waals surface area (Å²) in [5, 5.41) is 3.43. The van der Waals surface area contributed by atoms with Gasteiger partial charge in [0.05, 0.1) is 0 Å². The molecule has 0 aromatic rings. The summed E-state index contributed by atoms with van der Waals surface area (Å²) in [4.78, 5) is 0. The van der Waals surface area contributed by atoms with E-state index >= 15 is 0 Å². The van der Waals surface area contributed by atoms with Crippen molar-refractivity contribution in [2.24, 2.45) is 5.92 Å². The Balaban J connectivity index is 1.95. The van der Waals surface area contributed by atoms with E-state index in [0.29, 0.717) is 25.6 Å². The van der Waals surface area contributed by atoms with Crippen LogP contribution in [0.1, 0.15) is 33.1 Å². The van der Waals surface area contributed by atoms with Gasteiger partial charge in [-0.25, -0.2) is 0 Å². The molecule has 2 aliphatic rings. The van der Waals surface area contributed by atoms with Crippen LogP contribution in [0.4, 0.5) is 0 Å². The third-order valence-electron chi connectivity index (χ3n) is 4.27. The van der Waals surface area contributed by atoms with Crippen LogP contribution in [0.5, 0.6) is 0 Å². The summed E-state index contributed by atoms with van der Waals surface area (Å²) in [5.74, 6) is 2.28. The number of nitrogens with zero attached hydrogens (tertiary/aromatic N) is 2. The Hall–Kier alpha value is 0.180. The molecule has 2 heterocycles. The lowest BCUT2D eigenvalue weighted by molar-refractivity contribution is 0.235. The predicted octanol–water partition coefficient (Wildman–Crippen LogP) is 1.38. The van der Waals surface area contributed by atoms with Gasteiger partial charge in [0.1, 0.15) is 0 Å². The maximum absolute atomic E-state index is 12.8. The Kier molecular flexibility index (Phi) is 6.80. The molecule has 1 N–H and O–H groups in total. The molecule has 0 aromatic carbocycles.